The number of hydrogen-bond donors (Lipinski definition) is 3. The highest BCUT2D eigenvalue weighted by atomic mass is 16.5. The fourth-order valence-electron chi connectivity index (χ4n) is 2.13. The molecule has 1 aromatic carbocycles. The van der Waals surface area contributed by atoms with Crippen LogP contribution < -0.4 is 16.4 Å². The lowest BCUT2D eigenvalue weighted by molar-refractivity contribution is 0.0956. The zero-order valence-electron chi connectivity index (χ0n) is 11.2. The lowest BCUT2D eigenvalue weighted by atomic mass is 10.1. The van der Waals surface area contributed by atoms with Gasteiger partial charge in [-0.1, -0.05) is 0 Å². The van der Waals surface area contributed by atoms with Crippen molar-refractivity contribution < 1.29 is 9.53 Å². The summed E-state index contributed by atoms with van der Waals surface area (Å²) in [4.78, 5) is 11.7. The van der Waals surface area contributed by atoms with Crippen molar-refractivity contribution >= 4 is 17.3 Å². The Bertz CT molecular complexity index is 442. The molecule has 104 valence electrons. The lowest BCUT2D eigenvalue weighted by Gasteiger charge is -2.13. The van der Waals surface area contributed by atoms with Crippen molar-refractivity contribution in [3.05, 3.63) is 23.8 Å². The van der Waals surface area contributed by atoms with Gasteiger partial charge in [-0.3, -0.25) is 4.79 Å². The van der Waals surface area contributed by atoms with Crippen molar-refractivity contribution in [1.29, 1.82) is 0 Å². The minimum Gasteiger partial charge on any atom is -0.397 e. The average molecular weight is 263 g/mol. The lowest BCUT2D eigenvalue weighted by Crippen LogP contribution is -2.23. The second-order valence-corrected chi connectivity index (χ2v) is 4.77. The van der Waals surface area contributed by atoms with Gasteiger partial charge in [-0.25, -0.2) is 0 Å². The van der Waals surface area contributed by atoms with Crippen LogP contribution in [0.3, 0.4) is 0 Å². The molecular formula is C14H21N3O2. The number of anilines is 2. The first-order valence-corrected chi connectivity index (χ1v) is 6.70. The predicted octanol–water partition coefficient (Wildman–Crippen LogP) is 1.47. The molecule has 1 aliphatic rings. The Morgan fingerprint density at radius 1 is 1.53 bits per heavy atom. The third-order valence-electron chi connectivity index (χ3n) is 3.26. The third-order valence-corrected chi connectivity index (χ3v) is 3.26. The minimum atomic E-state index is -0.0926. The first-order chi connectivity index (χ1) is 9.20. The number of nitrogen functional groups attached to an aromatic ring is 1. The highest BCUT2D eigenvalue weighted by Gasteiger charge is 2.15. The molecule has 0 spiro atoms. The van der Waals surface area contributed by atoms with Crippen LogP contribution in [-0.2, 0) is 4.74 Å². The summed E-state index contributed by atoms with van der Waals surface area (Å²) in [6.07, 6.45) is 1.09. The molecule has 1 unspecified atom stereocenters. The second-order valence-electron chi connectivity index (χ2n) is 4.77. The van der Waals surface area contributed by atoms with Gasteiger partial charge in [0.25, 0.3) is 5.91 Å². The summed E-state index contributed by atoms with van der Waals surface area (Å²) in [5.74, 6) is 0.451. The zero-order chi connectivity index (χ0) is 13.7. The van der Waals surface area contributed by atoms with E-state index in [1.54, 1.807) is 12.1 Å². The van der Waals surface area contributed by atoms with Gasteiger partial charge in [-0.05, 0) is 31.5 Å². The quantitative estimate of drug-likeness (QED) is 0.703. The van der Waals surface area contributed by atoms with E-state index < -0.39 is 0 Å². The first-order valence-electron chi connectivity index (χ1n) is 6.70. The van der Waals surface area contributed by atoms with Crippen LogP contribution in [0.25, 0.3) is 0 Å². The molecule has 5 heteroatoms. The van der Waals surface area contributed by atoms with Crippen molar-refractivity contribution in [1.82, 2.24) is 5.32 Å². The van der Waals surface area contributed by atoms with Gasteiger partial charge in [0, 0.05) is 31.2 Å². The Labute approximate surface area is 113 Å². The van der Waals surface area contributed by atoms with Gasteiger partial charge in [0.2, 0.25) is 0 Å². The number of carbonyl (C=O) groups is 1. The molecule has 1 fully saturated rings. The molecule has 0 aliphatic carbocycles. The number of ether oxygens (including phenoxy) is 1. The highest BCUT2D eigenvalue weighted by molar-refractivity contribution is 5.96. The van der Waals surface area contributed by atoms with E-state index >= 15 is 0 Å². The normalized spacial score (nSPS) is 18.3. The molecular weight excluding hydrogens is 242 g/mol. The Balaban J connectivity index is 1.96. The van der Waals surface area contributed by atoms with Gasteiger partial charge in [0.05, 0.1) is 18.0 Å². The Kier molecular flexibility index (Phi) is 4.63. The van der Waals surface area contributed by atoms with E-state index in [1.807, 2.05) is 13.0 Å². The van der Waals surface area contributed by atoms with Crippen LogP contribution in [0, 0.1) is 5.92 Å². The minimum absolute atomic E-state index is 0.0926. The molecule has 1 heterocycles. The predicted molar refractivity (Wildman–Crippen MR) is 76.3 cm³/mol. The summed E-state index contributed by atoms with van der Waals surface area (Å²) in [6.45, 7) is 5.01. The molecule has 0 saturated carbocycles. The van der Waals surface area contributed by atoms with E-state index in [9.17, 15) is 4.79 Å². The molecule has 1 saturated heterocycles. The molecule has 1 atom stereocenters. The van der Waals surface area contributed by atoms with Gasteiger partial charge in [-0.2, -0.15) is 0 Å². The van der Waals surface area contributed by atoms with E-state index in [4.69, 9.17) is 10.5 Å². The van der Waals surface area contributed by atoms with Gasteiger partial charge in [0.15, 0.2) is 0 Å². The molecule has 0 radical (unpaired) electrons. The fourth-order valence-corrected chi connectivity index (χ4v) is 2.13. The smallest absolute Gasteiger partial charge is 0.251 e. The highest BCUT2D eigenvalue weighted by Crippen LogP contribution is 2.21. The maximum absolute atomic E-state index is 11.7. The van der Waals surface area contributed by atoms with Gasteiger partial charge < -0.3 is 21.1 Å². The Hall–Kier alpha value is -1.75. The van der Waals surface area contributed by atoms with Crippen molar-refractivity contribution in [3.8, 4) is 0 Å². The standard InChI is InChI=1S/C14H21N3O2/c1-2-16-14(18)11-3-4-13(12(15)7-11)17-8-10-5-6-19-9-10/h3-4,7,10,17H,2,5-6,8-9,15H2,1H3,(H,16,18). The zero-order valence-corrected chi connectivity index (χ0v) is 11.2. The van der Waals surface area contributed by atoms with Crippen LogP contribution in [0.4, 0.5) is 11.4 Å². The van der Waals surface area contributed by atoms with Crippen LogP contribution in [0.5, 0.6) is 0 Å². The van der Waals surface area contributed by atoms with E-state index in [2.05, 4.69) is 10.6 Å². The number of nitrogens with two attached hydrogens (primary N) is 1. The number of amides is 1. The van der Waals surface area contributed by atoms with Crippen LogP contribution in [-0.4, -0.2) is 32.2 Å². The topological polar surface area (TPSA) is 76.4 Å². The van der Waals surface area contributed by atoms with Crippen LogP contribution in [0.1, 0.15) is 23.7 Å². The number of nitrogens with one attached hydrogen (secondary N) is 2. The van der Waals surface area contributed by atoms with Gasteiger partial charge >= 0.3 is 0 Å². The number of rotatable bonds is 5. The van der Waals surface area contributed by atoms with Gasteiger partial charge in [0.1, 0.15) is 0 Å². The fraction of sp³-hybridized carbons (Fsp3) is 0.500. The van der Waals surface area contributed by atoms with Crippen molar-refractivity contribution in [2.45, 2.75) is 13.3 Å². The summed E-state index contributed by atoms with van der Waals surface area (Å²) in [6, 6.07) is 5.35. The molecule has 4 N–H and O–H groups in total. The molecule has 2 rings (SSSR count). The molecule has 19 heavy (non-hydrogen) atoms. The van der Waals surface area contributed by atoms with Crippen molar-refractivity contribution in [3.63, 3.8) is 0 Å². The largest absolute Gasteiger partial charge is 0.397 e. The number of carbonyl (C=O) groups excluding carboxylic acids is 1. The van der Waals surface area contributed by atoms with Crippen molar-refractivity contribution in [2.24, 2.45) is 5.92 Å². The molecule has 1 amide bonds. The molecule has 0 aromatic heterocycles. The van der Waals surface area contributed by atoms with E-state index in [-0.39, 0.29) is 5.91 Å². The summed E-state index contributed by atoms with van der Waals surface area (Å²) < 4.78 is 5.33. The van der Waals surface area contributed by atoms with E-state index in [0.717, 1.165) is 31.9 Å². The van der Waals surface area contributed by atoms with Crippen LogP contribution in [0.15, 0.2) is 18.2 Å². The second kappa shape index (κ2) is 6.43. The maximum Gasteiger partial charge on any atom is 0.251 e. The Morgan fingerprint density at radius 2 is 2.37 bits per heavy atom. The monoisotopic (exact) mass is 263 g/mol. The summed E-state index contributed by atoms with van der Waals surface area (Å²) in [5.41, 5.74) is 8.03. The number of benzene rings is 1. The summed E-state index contributed by atoms with van der Waals surface area (Å²) in [7, 11) is 0. The van der Waals surface area contributed by atoms with E-state index in [0.29, 0.717) is 23.7 Å². The maximum atomic E-state index is 11.7. The van der Waals surface area contributed by atoms with Crippen molar-refractivity contribution in [2.75, 3.05) is 37.4 Å². The molecule has 1 aliphatic heterocycles. The first kappa shape index (κ1) is 13.7. The Morgan fingerprint density at radius 3 is 3.00 bits per heavy atom. The molecule has 5 nitrogen and oxygen atoms in total. The van der Waals surface area contributed by atoms with Gasteiger partial charge in [-0.15, -0.1) is 0 Å². The van der Waals surface area contributed by atoms with Crippen LogP contribution in [0.2, 0.25) is 0 Å². The summed E-state index contributed by atoms with van der Waals surface area (Å²) in [5, 5.41) is 6.07. The third kappa shape index (κ3) is 3.61. The average Bonchev–Trinajstić information content (AvgIpc) is 2.90. The number of hydrogen-bond acceptors (Lipinski definition) is 4. The molecule has 0 bridgehead atoms. The summed E-state index contributed by atoms with van der Waals surface area (Å²) >= 11 is 0. The van der Waals surface area contributed by atoms with Crippen LogP contribution >= 0.6 is 0 Å². The molecule has 1 aromatic rings. The SMILES string of the molecule is CCNC(=O)c1ccc(NCC2CCOC2)c(N)c1. The van der Waals surface area contributed by atoms with E-state index in [1.165, 1.54) is 0 Å².